The number of hydrogen-bond acceptors (Lipinski definition) is 5. The number of ether oxygens (including phenoxy) is 2. The molecular formula is C23H30N2O5S. The van der Waals surface area contributed by atoms with Crippen molar-refractivity contribution in [2.75, 3.05) is 26.3 Å². The van der Waals surface area contributed by atoms with Crippen LogP contribution in [0.15, 0.2) is 47.4 Å². The summed E-state index contributed by atoms with van der Waals surface area (Å²) in [7, 11) is -3.61. The Morgan fingerprint density at radius 3 is 2.48 bits per heavy atom. The van der Waals surface area contributed by atoms with Crippen molar-refractivity contribution in [3.63, 3.8) is 0 Å². The number of amides is 1. The lowest BCUT2D eigenvalue weighted by Gasteiger charge is -2.13. The Morgan fingerprint density at radius 1 is 1.03 bits per heavy atom. The van der Waals surface area contributed by atoms with Gasteiger partial charge < -0.3 is 14.8 Å². The second-order valence-electron chi connectivity index (χ2n) is 7.48. The third kappa shape index (κ3) is 6.70. The zero-order chi connectivity index (χ0) is 22.3. The van der Waals surface area contributed by atoms with E-state index in [-0.39, 0.29) is 10.8 Å². The van der Waals surface area contributed by atoms with Crippen molar-refractivity contribution < 1.29 is 22.7 Å². The fraction of sp³-hybridized carbons (Fsp3) is 0.435. The van der Waals surface area contributed by atoms with Crippen molar-refractivity contribution in [3.05, 3.63) is 53.6 Å². The van der Waals surface area contributed by atoms with Gasteiger partial charge in [-0.1, -0.05) is 12.1 Å². The van der Waals surface area contributed by atoms with Crippen LogP contribution in [-0.4, -0.2) is 40.6 Å². The molecule has 2 N–H and O–H groups in total. The second-order valence-corrected chi connectivity index (χ2v) is 9.24. The van der Waals surface area contributed by atoms with Crippen LogP contribution < -0.4 is 19.5 Å². The largest absolute Gasteiger partial charge is 0.490 e. The van der Waals surface area contributed by atoms with Crippen LogP contribution in [0, 0.1) is 5.92 Å². The number of carbonyl (C=O) groups is 1. The lowest BCUT2D eigenvalue weighted by molar-refractivity contribution is 0.0954. The van der Waals surface area contributed by atoms with Gasteiger partial charge in [0.25, 0.3) is 5.91 Å². The molecule has 1 saturated carbocycles. The van der Waals surface area contributed by atoms with Gasteiger partial charge in [-0.05, 0) is 74.9 Å². The molecule has 168 valence electrons. The minimum atomic E-state index is -3.61. The summed E-state index contributed by atoms with van der Waals surface area (Å²) in [4.78, 5) is 12.6. The predicted octanol–water partition coefficient (Wildman–Crippen LogP) is 3.14. The van der Waals surface area contributed by atoms with Gasteiger partial charge in [0.15, 0.2) is 11.5 Å². The Labute approximate surface area is 184 Å². The first-order chi connectivity index (χ1) is 14.9. The minimum absolute atomic E-state index is 0.105. The van der Waals surface area contributed by atoms with Crippen molar-refractivity contribution in [2.45, 2.75) is 38.0 Å². The normalized spacial score (nSPS) is 13.6. The van der Waals surface area contributed by atoms with Crippen LogP contribution in [0.25, 0.3) is 0 Å². The number of nitrogens with one attached hydrogen (secondary N) is 2. The lowest BCUT2D eigenvalue weighted by atomic mass is 10.1. The van der Waals surface area contributed by atoms with Crippen LogP contribution in [0.4, 0.5) is 0 Å². The molecule has 0 bridgehead atoms. The van der Waals surface area contributed by atoms with Crippen LogP contribution in [-0.2, 0) is 16.4 Å². The molecule has 0 spiro atoms. The van der Waals surface area contributed by atoms with Crippen LogP contribution >= 0.6 is 0 Å². The van der Waals surface area contributed by atoms with E-state index in [2.05, 4.69) is 10.0 Å². The van der Waals surface area contributed by atoms with E-state index in [0.29, 0.717) is 55.7 Å². The topological polar surface area (TPSA) is 93.7 Å². The average Bonchev–Trinajstić information content (AvgIpc) is 3.59. The first-order valence-electron chi connectivity index (χ1n) is 10.7. The molecule has 1 fully saturated rings. The fourth-order valence-corrected chi connectivity index (χ4v) is 4.27. The summed E-state index contributed by atoms with van der Waals surface area (Å²) in [5.74, 6) is 1.51. The van der Waals surface area contributed by atoms with E-state index < -0.39 is 10.0 Å². The van der Waals surface area contributed by atoms with E-state index in [1.165, 1.54) is 12.1 Å². The van der Waals surface area contributed by atoms with Crippen LogP contribution in [0.1, 0.15) is 42.6 Å². The van der Waals surface area contributed by atoms with E-state index in [1.54, 1.807) is 12.1 Å². The van der Waals surface area contributed by atoms with Crippen molar-refractivity contribution in [1.82, 2.24) is 10.0 Å². The van der Waals surface area contributed by atoms with Crippen LogP contribution in [0.3, 0.4) is 0 Å². The van der Waals surface area contributed by atoms with E-state index in [1.807, 2.05) is 32.0 Å². The maximum Gasteiger partial charge on any atom is 0.251 e. The highest BCUT2D eigenvalue weighted by Crippen LogP contribution is 2.29. The molecule has 0 heterocycles. The summed E-state index contributed by atoms with van der Waals surface area (Å²) in [6.45, 7) is 5.79. The molecular weight excluding hydrogens is 416 g/mol. The summed E-state index contributed by atoms with van der Waals surface area (Å²) in [5.41, 5.74) is 1.32. The van der Waals surface area contributed by atoms with Gasteiger partial charge in [0.1, 0.15) is 0 Å². The first kappa shape index (κ1) is 23.1. The summed E-state index contributed by atoms with van der Waals surface area (Å²) in [6.07, 6.45) is 2.73. The van der Waals surface area contributed by atoms with Gasteiger partial charge in [-0.15, -0.1) is 0 Å². The van der Waals surface area contributed by atoms with E-state index in [0.717, 1.165) is 18.4 Å². The van der Waals surface area contributed by atoms with E-state index in [9.17, 15) is 13.2 Å². The summed E-state index contributed by atoms with van der Waals surface area (Å²) < 4.78 is 38.7. The number of rotatable bonds is 12. The molecule has 0 atom stereocenters. The average molecular weight is 447 g/mol. The monoisotopic (exact) mass is 446 g/mol. The molecule has 31 heavy (non-hydrogen) atoms. The van der Waals surface area contributed by atoms with Crippen molar-refractivity contribution >= 4 is 15.9 Å². The SMILES string of the molecule is CCOc1ccc(CCNC(=O)c2cccc(S(=O)(=O)NCC3CC3)c2)cc1OCC. The molecule has 2 aromatic carbocycles. The van der Waals surface area contributed by atoms with Gasteiger partial charge >= 0.3 is 0 Å². The molecule has 8 heteroatoms. The van der Waals surface area contributed by atoms with E-state index in [4.69, 9.17) is 9.47 Å². The summed E-state index contributed by atoms with van der Waals surface area (Å²) >= 11 is 0. The molecule has 0 saturated heterocycles. The minimum Gasteiger partial charge on any atom is -0.490 e. The first-order valence-corrected chi connectivity index (χ1v) is 12.2. The Balaban J connectivity index is 1.58. The molecule has 0 radical (unpaired) electrons. The number of benzene rings is 2. The second kappa shape index (κ2) is 10.6. The zero-order valence-corrected chi connectivity index (χ0v) is 18.8. The highest BCUT2D eigenvalue weighted by molar-refractivity contribution is 7.89. The van der Waals surface area contributed by atoms with Crippen LogP contribution in [0.5, 0.6) is 11.5 Å². The van der Waals surface area contributed by atoms with Crippen molar-refractivity contribution in [2.24, 2.45) is 5.92 Å². The summed E-state index contributed by atoms with van der Waals surface area (Å²) in [6, 6.07) is 11.8. The molecule has 2 aromatic rings. The number of sulfonamides is 1. The van der Waals surface area contributed by atoms with Gasteiger partial charge in [0, 0.05) is 18.7 Å². The fourth-order valence-electron chi connectivity index (χ4n) is 3.11. The maximum absolute atomic E-state index is 12.5. The van der Waals surface area contributed by atoms with Crippen LogP contribution in [0.2, 0.25) is 0 Å². The maximum atomic E-state index is 12.5. The molecule has 1 aliphatic carbocycles. The number of carbonyl (C=O) groups excluding carboxylic acids is 1. The highest BCUT2D eigenvalue weighted by Gasteiger charge is 2.24. The van der Waals surface area contributed by atoms with E-state index >= 15 is 0 Å². The molecule has 3 rings (SSSR count). The molecule has 7 nitrogen and oxygen atoms in total. The van der Waals surface area contributed by atoms with Gasteiger partial charge in [0.2, 0.25) is 10.0 Å². The molecule has 0 aromatic heterocycles. The Hall–Kier alpha value is -2.58. The third-order valence-corrected chi connectivity index (χ3v) is 6.39. The van der Waals surface area contributed by atoms with Gasteiger partial charge in [-0.3, -0.25) is 4.79 Å². The Kier molecular flexibility index (Phi) is 7.92. The third-order valence-electron chi connectivity index (χ3n) is 4.97. The molecule has 0 unspecified atom stereocenters. The molecule has 1 amide bonds. The Morgan fingerprint density at radius 2 is 1.77 bits per heavy atom. The predicted molar refractivity (Wildman–Crippen MR) is 119 cm³/mol. The highest BCUT2D eigenvalue weighted by atomic mass is 32.2. The van der Waals surface area contributed by atoms with Crippen molar-refractivity contribution in [1.29, 1.82) is 0 Å². The standard InChI is InChI=1S/C23H30N2O5S/c1-3-29-21-11-10-17(14-22(21)30-4-2)12-13-24-23(26)19-6-5-7-20(15-19)31(27,28)25-16-18-8-9-18/h5-7,10-11,14-15,18,25H,3-4,8-9,12-13,16H2,1-2H3,(H,24,26). The quantitative estimate of drug-likeness (QED) is 0.522. The van der Waals surface area contributed by atoms with Gasteiger partial charge in [0.05, 0.1) is 18.1 Å². The number of hydrogen-bond donors (Lipinski definition) is 2. The Bertz CT molecular complexity index is 1000. The van der Waals surface area contributed by atoms with Crippen molar-refractivity contribution in [3.8, 4) is 11.5 Å². The lowest BCUT2D eigenvalue weighted by Crippen LogP contribution is -2.28. The summed E-state index contributed by atoms with van der Waals surface area (Å²) in [5, 5.41) is 2.85. The molecule has 1 aliphatic rings. The molecule has 0 aliphatic heterocycles. The van der Waals surface area contributed by atoms with Gasteiger partial charge in [-0.25, -0.2) is 13.1 Å². The van der Waals surface area contributed by atoms with Gasteiger partial charge in [-0.2, -0.15) is 0 Å². The zero-order valence-electron chi connectivity index (χ0n) is 18.0. The smallest absolute Gasteiger partial charge is 0.251 e.